The first kappa shape index (κ1) is 14.8. The summed E-state index contributed by atoms with van der Waals surface area (Å²) in [5.74, 6) is 2.86. The maximum absolute atomic E-state index is 11.2. The molecule has 0 aliphatic carbocycles. The van der Waals surface area contributed by atoms with Crippen molar-refractivity contribution in [1.82, 2.24) is 5.32 Å². The molecule has 0 aromatic heterocycles. The van der Waals surface area contributed by atoms with Crippen LogP contribution in [0.15, 0.2) is 36.4 Å². The number of thioether (sulfide) groups is 1. The van der Waals surface area contributed by atoms with E-state index in [0.717, 1.165) is 16.3 Å². The molecule has 1 aliphatic heterocycles. The van der Waals surface area contributed by atoms with Gasteiger partial charge in [-0.1, -0.05) is 36.3 Å². The van der Waals surface area contributed by atoms with Crippen molar-refractivity contribution in [1.29, 1.82) is 0 Å². The van der Waals surface area contributed by atoms with Crippen LogP contribution in [-0.2, 0) is 4.79 Å². The average Bonchev–Trinajstić information content (AvgIpc) is 3.02. The standard InChI is InChI=1S/C17H15NO3S/c1-2-9-21-14-8-7-11-5-3-4-6-12(11)15(14)16-18-13(10-22-16)17(19)20/h1,3-8,13,16,18H,9-10H2,(H,19,20)/t13-,16+/m1/s1. The van der Waals surface area contributed by atoms with E-state index in [0.29, 0.717) is 11.5 Å². The summed E-state index contributed by atoms with van der Waals surface area (Å²) in [5.41, 5.74) is 0.960. The smallest absolute Gasteiger partial charge is 0.321 e. The highest BCUT2D eigenvalue weighted by molar-refractivity contribution is 7.99. The van der Waals surface area contributed by atoms with Gasteiger partial charge >= 0.3 is 5.97 Å². The Balaban J connectivity index is 2.05. The van der Waals surface area contributed by atoms with Gasteiger partial charge in [0.2, 0.25) is 0 Å². The van der Waals surface area contributed by atoms with Crippen molar-refractivity contribution in [3.63, 3.8) is 0 Å². The largest absolute Gasteiger partial charge is 0.481 e. The normalized spacial score (nSPS) is 20.7. The van der Waals surface area contributed by atoms with Crippen LogP contribution in [0.2, 0.25) is 0 Å². The molecule has 112 valence electrons. The van der Waals surface area contributed by atoms with Gasteiger partial charge in [-0.2, -0.15) is 0 Å². The van der Waals surface area contributed by atoms with Gasteiger partial charge in [0.15, 0.2) is 0 Å². The number of aliphatic carboxylic acids is 1. The molecule has 4 nitrogen and oxygen atoms in total. The summed E-state index contributed by atoms with van der Waals surface area (Å²) >= 11 is 1.57. The molecule has 22 heavy (non-hydrogen) atoms. The number of rotatable bonds is 4. The molecule has 0 radical (unpaired) electrons. The highest BCUT2D eigenvalue weighted by Crippen LogP contribution is 2.41. The maximum atomic E-state index is 11.2. The lowest BCUT2D eigenvalue weighted by atomic mass is 10.0. The minimum absolute atomic E-state index is 0.125. The van der Waals surface area contributed by atoms with E-state index in [1.807, 2.05) is 36.4 Å². The summed E-state index contributed by atoms with van der Waals surface area (Å²) in [6.07, 6.45) is 5.28. The number of benzene rings is 2. The van der Waals surface area contributed by atoms with E-state index in [1.165, 1.54) is 0 Å². The second kappa shape index (κ2) is 6.30. The fourth-order valence-corrected chi connectivity index (χ4v) is 3.87. The lowest BCUT2D eigenvalue weighted by Crippen LogP contribution is -2.33. The highest BCUT2D eigenvalue weighted by atomic mass is 32.2. The minimum atomic E-state index is -0.832. The predicted octanol–water partition coefficient (Wildman–Crippen LogP) is 2.64. The molecule has 0 unspecified atom stereocenters. The van der Waals surface area contributed by atoms with E-state index in [-0.39, 0.29) is 12.0 Å². The summed E-state index contributed by atoms with van der Waals surface area (Å²) in [4.78, 5) is 11.2. The number of hydrogen-bond acceptors (Lipinski definition) is 4. The van der Waals surface area contributed by atoms with Gasteiger partial charge in [-0.25, -0.2) is 0 Å². The summed E-state index contributed by atoms with van der Waals surface area (Å²) < 4.78 is 5.67. The van der Waals surface area contributed by atoms with Gasteiger partial charge in [0.05, 0.1) is 5.37 Å². The third-order valence-corrected chi connectivity index (χ3v) is 4.81. The van der Waals surface area contributed by atoms with Crippen LogP contribution in [0.5, 0.6) is 5.75 Å². The van der Waals surface area contributed by atoms with Crippen LogP contribution >= 0.6 is 11.8 Å². The molecule has 2 aromatic rings. The maximum Gasteiger partial charge on any atom is 0.321 e. The third kappa shape index (κ3) is 2.76. The minimum Gasteiger partial charge on any atom is -0.481 e. The van der Waals surface area contributed by atoms with Crippen molar-refractivity contribution in [2.24, 2.45) is 0 Å². The Morgan fingerprint density at radius 1 is 1.41 bits per heavy atom. The molecule has 1 saturated heterocycles. The van der Waals surface area contributed by atoms with Crippen LogP contribution in [0.25, 0.3) is 10.8 Å². The number of terminal acetylenes is 1. The Bertz CT molecular complexity index is 753. The van der Waals surface area contributed by atoms with Gasteiger partial charge in [0, 0.05) is 11.3 Å². The van der Waals surface area contributed by atoms with Crippen LogP contribution < -0.4 is 10.1 Å². The van der Waals surface area contributed by atoms with E-state index in [1.54, 1.807) is 11.8 Å². The molecule has 0 amide bonds. The first-order valence-electron chi connectivity index (χ1n) is 6.89. The fraction of sp³-hybridized carbons (Fsp3) is 0.235. The van der Waals surface area contributed by atoms with E-state index >= 15 is 0 Å². The van der Waals surface area contributed by atoms with Gasteiger partial charge in [0.1, 0.15) is 18.4 Å². The van der Waals surface area contributed by atoms with Crippen LogP contribution in [0.4, 0.5) is 0 Å². The third-order valence-electron chi connectivity index (χ3n) is 3.58. The molecule has 0 saturated carbocycles. The Labute approximate surface area is 132 Å². The lowest BCUT2D eigenvalue weighted by Gasteiger charge is -2.18. The van der Waals surface area contributed by atoms with Crippen molar-refractivity contribution in [3.8, 4) is 18.1 Å². The first-order chi connectivity index (χ1) is 10.7. The first-order valence-corrected chi connectivity index (χ1v) is 7.94. The van der Waals surface area contributed by atoms with E-state index in [9.17, 15) is 4.79 Å². The number of fused-ring (bicyclic) bond motifs is 1. The topological polar surface area (TPSA) is 58.6 Å². The van der Waals surface area contributed by atoms with Crippen LogP contribution in [0.1, 0.15) is 10.9 Å². The summed E-state index contributed by atoms with van der Waals surface area (Å²) in [6.45, 7) is 0.186. The number of carboxylic acid groups (broad SMARTS) is 1. The monoisotopic (exact) mass is 313 g/mol. The zero-order chi connectivity index (χ0) is 15.5. The van der Waals surface area contributed by atoms with Gasteiger partial charge in [-0.15, -0.1) is 18.2 Å². The second-order valence-electron chi connectivity index (χ2n) is 4.96. The summed E-state index contributed by atoms with van der Waals surface area (Å²) in [5, 5.41) is 14.3. The fourth-order valence-electron chi connectivity index (χ4n) is 2.57. The molecule has 3 rings (SSSR count). The van der Waals surface area contributed by atoms with Crippen molar-refractivity contribution >= 4 is 28.5 Å². The molecule has 1 fully saturated rings. The number of ether oxygens (including phenoxy) is 1. The van der Waals surface area contributed by atoms with Gasteiger partial charge in [0.25, 0.3) is 0 Å². The zero-order valence-corrected chi connectivity index (χ0v) is 12.6. The Hall–Kier alpha value is -2.16. The van der Waals surface area contributed by atoms with Crippen molar-refractivity contribution in [2.45, 2.75) is 11.4 Å². The van der Waals surface area contributed by atoms with Gasteiger partial charge in [-0.05, 0) is 16.8 Å². The van der Waals surface area contributed by atoms with E-state index < -0.39 is 12.0 Å². The Kier molecular flexibility index (Phi) is 4.23. The van der Waals surface area contributed by atoms with Gasteiger partial charge in [-0.3, -0.25) is 10.1 Å². The molecule has 5 heteroatoms. The predicted molar refractivity (Wildman–Crippen MR) is 88.0 cm³/mol. The molecule has 0 bridgehead atoms. The average molecular weight is 313 g/mol. The molecule has 2 N–H and O–H groups in total. The molecule has 2 atom stereocenters. The second-order valence-corrected chi connectivity index (χ2v) is 6.10. The molecule has 1 aliphatic rings. The number of carbonyl (C=O) groups is 1. The molecular formula is C17H15NO3S. The van der Waals surface area contributed by atoms with Crippen molar-refractivity contribution < 1.29 is 14.6 Å². The molecule has 1 heterocycles. The lowest BCUT2D eigenvalue weighted by molar-refractivity contribution is -0.138. The highest BCUT2D eigenvalue weighted by Gasteiger charge is 2.32. The van der Waals surface area contributed by atoms with E-state index in [2.05, 4.69) is 11.2 Å². The van der Waals surface area contributed by atoms with Crippen LogP contribution in [-0.4, -0.2) is 29.5 Å². The quantitative estimate of drug-likeness (QED) is 0.850. The number of carboxylic acids is 1. The SMILES string of the molecule is C#CCOc1ccc2ccccc2c1[C@H]1N[C@@H](C(=O)O)CS1. The zero-order valence-electron chi connectivity index (χ0n) is 11.8. The number of hydrogen-bond donors (Lipinski definition) is 2. The van der Waals surface area contributed by atoms with E-state index in [4.69, 9.17) is 16.3 Å². The molecule has 2 aromatic carbocycles. The number of nitrogens with one attached hydrogen (secondary N) is 1. The van der Waals surface area contributed by atoms with Crippen LogP contribution in [0.3, 0.4) is 0 Å². The van der Waals surface area contributed by atoms with Crippen molar-refractivity contribution in [3.05, 3.63) is 42.0 Å². The Morgan fingerprint density at radius 3 is 2.95 bits per heavy atom. The van der Waals surface area contributed by atoms with Crippen LogP contribution in [0, 0.1) is 12.3 Å². The Morgan fingerprint density at radius 2 is 2.23 bits per heavy atom. The molecular weight excluding hydrogens is 298 g/mol. The van der Waals surface area contributed by atoms with Gasteiger partial charge < -0.3 is 9.84 Å². The summed E-state index contributed by atoms with van der Waals surface area (Å²) in [6, 6.07) is 11.3. The van der Waals surface area contributed by atoms with Crippen molar-refractivity contribution in [2.75, 3.05) is 12.4 Å². The molecule has 0 spiro atoms. The summed E-state index contributed by atoms with van der Waals surface area (Å²) in [7, 11) is 0.